The van der Waals surface area contributed by atoms with Crippen LogP contribution in [0.15, 0.2) is 6.07 Å². The maximum atomic E-state index is 12.2. The molecule has 114 valence electrons. The van der Waals surface area contributed by atoms with Gasteiger partial charge >= 0.3 is 0 Å². The average molecular weight is 279 g/mol. The quantitative estimate of drug-likeness (QED) is 0.832. The Bertz CT molecular complexity index is 447. The molecule has 0 fully saturated rings. The Labute approximate surface area is 123 Å². The maximum absolute atomic E-state index is 12.2. The number of hydrogen-bond donors (Lipinski definition) is 1. The Kier molecular flexibility index (Phi) is 6.27. The summed E-state index contributed by atoms with van der Waals surface area (Å²) in [5, 5.41) is 3.35. The Morgan fingerprint density at radius 1 is 1.30 bits per heavy atom. The van der Waals surface area contributed by atoms with Crippen LogP contribution in [0.5, 0.6) is 0 Å². The van der Waals surface area contributed by atoms with Gasteiger partial charge in [-0.1, -0.05) is 0 Å². The van der Waals surface area contributed by atoms with Gasteiger partial charge in [-0.25, -0.2) is 0 Å². The molecular formula is C16H29N3O. The van der Waals surface area contributed by atoms with Gasteiger partial charge in [0.1, 0.15) is 0 Å². The van der Waals surface area contributed by atoms with Gasteiger partial charge in [0.15, 0.2) is 0 Å². The summed E-state index contributed by atoms with van der Waals surface area (Å²) < 4.78 is 2.30. The lowest BCUT2D eigenvalue weighted by Crippen LogP contribution is -2.44. The minimum atomic E-state index is -0.139. The first kappa shape index (κ1) is 16.8. The van der Waals surface area contributed by atoms with Crippen molar-refractivity contribution in [3.8, 4) is 0 Å². The SMILES string of the molecule is CCN(CC)C(=O)C(C)NCc1cc(C)n(CC)c1C. The molecule has 0 radical (unpaired) electrons. The van der Waals surface area contributed by atoms with Gasteiger partial charge in [0.25, 0.3) is 0 Å². The number of nitrogens with zero attached hydrogens (tertiary/aromatic N) is 2. The van der Waals surface area contributed by atoms with Crippen LogP contribution in [0.25, 0.3) is 0 Å². The highest BCUT2D eigenvalue weighted by Crippen LogP contribution is 2.14. The fraction of sp³-hybridized carbons (Fsp3) is 0.688. The fourth-order valence-corrected chi connectivity index (χ4v) is 2.70. The average Bonchev–Trinajstić information content (AvgIpc) is 2.71. The minimum Gasteiger partial charge on any atom is -0.349 e. The molecule has 1 unspecified atom stereocenters. The molecule has 4 heteroatoms. The lowest BCUT2D eigenvalue weighted by Gasteiger charge is -2.23. The van der Waals surface area contributed by atoms with Crippen molar-refractivity contribution >= 4 is 5.91 Å². The van der Waals surface area contributed by atoms with Gasteiger partial charge in [0.2, 0.25) is 5.91 Å². The van der Waals surface area contributed by atoms with Gasteiger partial charge < -0.3 is 14.8 Å². The predicted octanol–water partition coefficient (Wildman–Crippen LogP) is 2.47. The van der Waals surface area contributed by atoms with Crippen molar-refractivity contribution in [2.45, 2.75) is 60.7 Å². The van der Waals surface area contributed by atoms with Crippen molar-refractivity contribution in [1.29, 1.82) is 0 Å². The highest BCUT2D eigenvalue weighted by Gasteiger charge is 2.18. The molecule has 1 aromatic rings. The van der Waals surface area contributed by atoms with Gasteiger partial charge in [0.05, 0.1) is 6.04 Å². The zero-order valence-electron chi connectivity index (χ0n) is 13.8. The Morgan fingerprint density at radius 2 is 1.90 bits per heavy atom. The van der Waals surface area contributed by atoms with Crippen LogP contribution in [0, 0.1) is 13.8 Å². The smallest absolute Gasteiger partial charge is 0.239 e. The van der Waals surface area contributed by atoms with Crippen LogP contribution in [0.4, 0.5) is 0 Å². The number of hydrogen-bond acceptors (Lipinski definition) is 2. The number of amides is 1. The van der Waals surface area contributed by atoms with Crippen molar-refractivity contribution in [3.63, 3.8) is 0 Å². The molecule has 0 saturated heterocycles. The van der Waals surface area contributed by atoms with Crippen molar-refractivity contribution in [3.05, 3.63) is 23.0 Å². The highest BCUT2D eigenvalue weighted by atomic mass is 16.2. The van der Waals surface area contributed by atoms with Crippen LogP contribution in [0.3, 0.4) is 0 Å². The molecule has 1 heterocycles. The normalized spacial score (nSPS) is 12.5. The molecule has 0 aromatic carbocycles. The van der Waals surface area contributed by atoms with Crippen LogP contribution in [-0.4, -0.2) is 34.5 Å². The van der Waals surface area contributed by atoms with Gasteiger partial charge in [-0.15, -0.1) is 0 Å². The van der Waals surface area contributed by atoms with Gasteiger partial charge in [-0.3, -0.25) is 4.79 Å². The Balaban J connectivity index is 2.65. The van der Waals surface area contributed by atoms with E-state index in [2.05, 4.69) is 36.7 Å². The molecule has 4 nitrogen and oxygen atoms in total. The summed E-state index contributed by atoms with van der Waals surface area (Å²) in [5.74, 6) is 0.180. The number of nitrogens with one attached hydrogen (secondary N) is 1. The molecule has 20 heavy (non-hydrogen) atoms. The number of carbonyl (C=O) groups excluding carboxylic acids is 1. The third kappa shape index (κ3) is 3.63. The first-order valence-corrected chi connectivity index (χ1v) is 7.63. The highest BCUT2D eigenvalue weighted by molar-refractivity contribution is 5.81. The second kappa shape index (κ2) is 7.48. The third-order valence-corrected chi connectivity index (χ3v) is 4.04. The molecule has 0 saturated carbocycles. The predicted molar refractivity (Wildman–Crippen MR) is 83.8 cm³/mol. The standard InChI is InChI=1S/C16H29N3O/c1-7-18(8-2)16(20)13(5)17-11-15-10-12(4)19(9-3)14(15)6/h10,13,17H,7-9,11H2,1-6H3. The lowest BCUT2D eigenvalue weighted by atomic mass is 10.2. The zero-order valence-corrected chi connectivity index (χ0v) is 13.8. The molecular weight excluding hydrogens is 250 g/mol. The second-order valence-corrected chi connectivity index (χ2v) is 5.25. The summed E-state index contributed by atoms with van der Waals surface area (Å²) in [6.07, 6.45) is 0. The van der Waals surface area contributed by atoms with E-state index in [1.165, 1.54) is 17.0 Å². The van der Waals surface area contributed by atoms with Crippen LogP contribution in [0.2, 0.25) is 0 Å². The molecule has 1 rings (SSSR count). The van der Waals surface area contributed by atoms with Gasteiger partial charge in [-0.05, 0) is 53.2 Å². The van der Waals surface area contributed by atoms with Crippen molar-refractivity contribution in [2.75, 3.05) is 13.1 Å². The number of aromatic nitrogens is 1. The van der Waals surface area contributed by atoms with Gasteiger partial charge in [0, 0.05) is 37.6 Å². The molecule has 0 aliphatic rings. The topological polar surface area (TPSA) is 37.3 Å². The molecule has 0 aliphatic heterocycles. The number of rotatable bonds is 7. The largest absolute Gasteiger partial charge is 0.349 e. The van der Waals surface area contributed by atoms with E-state index in [4.69, 9.17) is 0 Å². The molecule has 1 atom stereocenters. The summed E-state index contributed by atoms with van der Waals surface area (Å²) in [6, 6.07) is 2.07. The lowest BCUT2D eigenvalue weighted by molar-refractivity contribution is -0.132. The van der Waals surface area contributed by atoms with Crippen molar-refractivity contribution in [1.82, 2.24) is 14.8 Å². The molecule has 0 aliphatic carbocycles. The number of aryl methyl sites for hydroxylation is 1. The Hall–Kier alpha value is -1.29. The van der Waals surface area contributed by atoms with Crippen LogP contribution in [0.1, 0.15) is 44.6 Å². The van der Waals surface area contributed by atoms with E-state index in [1.807, 2.05) is 25.7 Å². The van der Waals surface area contributed by atoms with Crippen LogP contribution in [-0.2, 0) is 17.9 Å². The molecule has 1 aromatic heterocycles. The summed E-state index contributed by atoms with van der Waals surface area (Å²) in [5.41, 5.74) is 3.85. The first-order valence-electron chi connectivity index (χ1n) is 7.63. The Morgan fingerprint density at radius 3 is 2.35 bits per heavy atom. The fourth-order valence-electron chi connectivity index (χ4n) is 2.70. The number of carbonyl (C=O) groups is 1. The third-order valence-electron chi connectivity index (χ3n) is 4.04. The molecule has 0 spiro atoms. The summed E-state index contributed by atoms with van der Waals surface area (Å²) in [7, 11) is 0. The van der Waals surface area contributed by atoms with E-state index in [0.29, 0.717) is 0 Å². The monoisotopic (exact) mass is 279 g/mol. The van der Waals surface area contributed by atoms with E-state index in [1.54, 1.807) is 0 Å². The van der Waals surface area contributed by atoms with E-state index >= 15 is 0 Å². The van der Waals surface area contributed by atoms with Crippen LogP contribution >= 0.6 is 0 Å². The maximum Gasteiger partial charge on any atom is 0.239 e. The van der Waals surface area contributed by atoms with E-state index in [-0.39, 0.29) is 11.9 Å². The summed E-state index contributed by atoms with van der Waals surface area (Å²) in [4.78, 5) is 14.1. The molecule has 0 bridgehead atoms. The molecule has 1 N–H and O–H groups in total. The minimum absolute atomic E-state index is 0.139. The second-order valence-electron chi connectivity index (χ2n) is 5.25. The first-order chi connectivity index (χ1) is 9.46. The summed E-state index contributed by atoms with van der Waals surface area (Å²) in [6.45, 7) is 15.7. The summed E-state index contributed by atoms with van der Waals surface area (Å²) >= 11 is 0. The van der Waals surface area contributed by atoms with E-state index < -0.39 is 0 Å². The molecule has 1 amide bonds. The number of likely N-dealkylation sites (N-methyl/N-ethyl adjacent to an activating group) is 1. The van der Waals surface area contributed by atoms with Crippen molar-refractivity contribution in [2.24, 2.45) is 0 Å². The van der Waals surface area contributed by atoms with Gasteiger partial charge in [-0.2, -0.15) is 0 Å². The van der Waals surface area contributed by atoms with E-state index in [9.17, 15) is 4.79 Å². The zero-order chi connectivity index (χ0) is 15.3. The van der Waals surface area contributed by atoms with Crippen molar-refractivity contribution < 1.29 is 4.79 Å². The van der Waals surface area contributed by atoms with Crippen LogP contribution < -0.4 is 5.32 Å². The van der Waals surface area contributed by atoms with E-state index in [0.717, 1.165) is 26.2 Å².